The van der Waals surface area contributed by atoms with Gasteiger partial charge in [0.1, 0.15) is 5.82 Å². The minimum Gasteiger partial charge on any atom is -0.346 e. The van der Waals surface area contributed by atoms with E-state index in [0.717, 1.165) is 55.4 Å². The third-order valence-corrected chi connectivity index (χ3v) is 6.58. The van der Waals surface area contributed by atoms with Gasteiger partial charge in [-0.1, -0.05) is 20.3 Å². The van der Waals surface area contributed by atoms with Crippen LogP contribution in [0.4, 0.5) is 5.13 Å². The van der Waals surface area contributed by atoms with Gasteiger partial charge in [0, 0.05) is 43.6 Å². The van der Waals surface area contributed by atoms with E-state index in [9.17, 15) is 4.79 Å². The van der Waals surface area contributed by atoms with Crippen LogP contribution in [0.2, 0.25) is 0 Å². The normalized spacial score (nSPS) is 30.5. The highest BCUT2D eigenvalue weighted by atomic mass is 32.1. The lowest BCUT2D eigenvalue weighted by atomic mass is 10.0. The monoisotopic (exact) mass is 334 g/mol. The second-order valence-corrected chi connectivity index (χ2v) is 8.45. The molecule has 1 aliphatic carbocycles. The summed E-state index contributed by atoms with van der Waals surface area (Å²) in [7, 11) is 0. The van der Waals surface area contributed by atoms with Gasteiger partial charge in [-0.15, -0.1) is 0 Å². The van der Waals surface area contributed by atoms with Crippen molar-refractivity contribution in [3.05, 3.63) is 5.82 Å². The fraction of sp³-hybridized carbons (Fsp3) is 0.824. The van der Waals surface area contributed by atoms with Crippen molar-refractivity contribution in [1.29, 1.82) is 0 Å². The summed E-state index contributed by atoms with van der Waals surface area (Å²) in [6.45, 7) is 8.01. The Hall–Kier alpha value is -1.17. The van der Waals surface area contributed by atoms with Crippen LogP contribution in [-0.4, -0.2) is 46.3 Å². The summed E-state index contributed by atoms with van der Waals surface area (Å²) in [4.78, 5) is 21.9. The van der Waals surface area contributed by atoms with Crippen LogP contribution < -0.4 is 4.90 Å². The maximum atomic E-state index is 12.8. The Morgan fingerprint density at radius 1 is 1.17 bits per heavy atom. The highest BCUT2D eigenvalue weighted by Gasteiger charge is 2.41. The minimum absolute atomic E-state index is 0.153. The van der Waals surface area contributed by atoms with E-state index in [1.54, 1.807) is 0 Å². The molecule has 1 aromatic rings. The molecule has 0 aromatic carbocycles. The number of rotatable bonds is 3. The van der Waals surface area contributed by atoms with Crippen molar-refractivity contribution < 1.29 is 4.79 Å². The number of fused-ring (bicyclic) bond motifs is 1. The predicted molar refractivity (Wildman–Crippen MR) is 91.7 cm³/mol. The maximum absolute atomic E-state index is 12.8. The van der Waals surface area contributed by atoms with Gasteiger partial charge in [-0.25, -0.2) is 4.98 Å². The molecule has 3 aliphatic rings. The number of aromatic nitrogens is 2. The van der Waals surface area contributed by atoms with E-state index in [-0.39, 0.29) is 5.92 Å². The average molecular weight is 334 g/mol. The topological polar surface area (TPSA) is 49.3 Å². The molecule has 126 valence electrons. The summed E-state index contributed by atoms with van der Waals surface area (Å²) < 4.78 is 4.44. The largest absolute Gasteiger partial charge is 0.346 e. The summed E-state index contributed by atoms with van der Waals surface area (Å²) >= 11 is 1.47. The third-order valence-electron chi connectivity index (χ3n) is 5.79. The molecule has 3 unspecified atom stereocenters. The van der Waals surface area contributed by atoms with Gasteiger partial charge in [0.05, 0.1) is 5.92 Å². The zero-order chi connectivity index (χ0) is 16.0. The Morgan fingerprint density at radius 2 is 1.91 bits per heavy atom. The molecule has 23 heavy (non-hydrogen) atoms. The van der Waals surface area contributed by atoms with Gasteiger partial charge in [0.25, 0.3) is 0 Å². The number of hydrogen-bond donors (Lipinski definition) is 0. The molecule has 2 aliphatic heterocycles. The molecule has 4 rings (SSSR count). The predicted octanol–water partition coefficient (Wildman–Crippen LogP) is 2.75. The number of nitrogens with zero attached hydrogens (tertiary/aromatic N) is 4. The van der Waals surface area contributed by atoms with Crippen LogP contribution in [-0.2, 0) is 4.79 Å². The fourth-order valence-corrected chi connectivity index (χ4v) is 5.24. The molecule has 6 heteroatoms. The molecule has 1 saturated carbocycles. The molecular weight excluding hydrogens is 308 g/mol. The highest BCUT2D eigenvalue weighted by Crippen LogP contribution is 2.39. The van der Waals surface area contributed by atoms with Crippen molar-refractivity contribution >= 4 is 22.6 Å². The molecule has 1 aromatic heterocycles. The molecule has 2 saturated heterocycles. The molecule has 3 fully saturated rings. The van der Waals surface area contributed by atoms with Gasteiger partial charge in [-0.05, 0) is 31.1 Å². The Kier molecular flexibility index (Phi) is 4.03. The number of likely N-dealkylation sites (tertiary alicyclic amines) is 1. The first kappa shape index (κ1) is 15.4. The van der Waals surface area contributed by atoms with E-state index in [1.165, 1.54) is 30.8 Å². The molecule has 0 radical (unpaired) electrons. The van der Waals surface area contributed by atoms with E-state index in [1.807, 2.05) is 0 Å². The summed E-state index contributed by atoms with van der Waals surface area (Å²) in [5.74, 6) is 3.40. The summed E-state index contributed by atoms with van der Waals surface area (Å²) in [5.41, 5.74) is 0. The third kappa shape index (κ3) is 2.86. The molecule has 0 bridgehead atoms. The molecule has 0 spiro atoms. The lowest BCUT2D eigenvalue weighted by molar-refractivity contribution is -0.134. The summed E-state index contributed by atoms with van der Waals surface area (Å²) in [6, 6.07) is 0. The van der Waals surface area contributed by atoms with Crippen LogP contribution >= 0.6 is 11.5 Å². The Labute approximate surface area is 142 Å². The fourth-order valence-electron chi connectivity index (χ4n) is 4.40. The Balaban J connectivity index is 1.37. The smallest absolute Gasteiger partial charge is 0.227 e. The van der Waals surface area contributed by atoms with E-state index in [4.69, 9.17) is 0 Å². The van der Waals surface area contributed by atoms with Crippen LogP contribution in [0.15, 0.2) is 0 Å². The standard InChI is InChI=1S/C17H26N4OS/c1-11(2)15-18-17(23-19-15)20-7-6-14(10-20)16(22)21-8-12-4-3-5-13(12)9-21/h11-14H,3-10H2,1-2H3. The van der Waals surface area contributed by atoms with Crippen LogP contribution in [0.25, 0.3) is 0 Å². The van der Waals surface area contributed by atoms with Crippen LogP contribution in [0, 0.1) is 17.8 Å². The number of carbonyl (C=O) groups is 1. The number of anilines is 1. The van der Waals surface area contributed by atoms with Gasteiger partial charge in [0.2, 0.25) is 11.0 Å². The molecule has 1 amide bonds. The molecule has 3 heterocycles. The first-order chi connectivity index (χ1) is 11.1. The number of hydrogen-bond acceptors (Lipinski definition) is 5. The maximum Gasteiger partial charge on any atom is 0.227 e. The van der Waals surface area contributed by atoms with Crippen LogP contribution in [0.1, 0.15) is 51.3 Å². The van der Waals surface area contributed by atoms with E-state index in [2.05, 4.69) is 33.0 Å². The quantitative estimate of drug-likeness (QED) is 0.853. The summed E-state index contributed by atoms with van der Waals surface area (Å²) in [6.07, 6.45) is 4.98. The lowest BCUT2D eigenvalue weighted by Gasteiger charge is -2.21. The SMILES string of the molecule is CC(C)c1nsc(N2CCC(C(=O)N3CC4CCCC4C3)C2)n1. The first-order valence-corrected chi connectivity index (χ1v) is 9.76. The van der Waals surface area contributed by atoms with E-state index >= 15 is 0 Å². The van der Waals surface area contributed by atoms with E-state index < -0.39 is 0 Å². The second-order valence-electron chi connectivity index (χ2n) is 7.72. The summed E-state index contributed by atoms with van der Waals surface area (Å²) in [5, 5.41) is 0.988. The van der Waals surface area contributed by atoms with Gasteiger partial charge in [0.15, 0.2) is 0 Å². The molecule has 5 nitrogen and oxygen atoms in total. The van der Waals surface area contributed by atoms with Gasteiger partial charge >= 0.3 is 0 Å². The molecule has 0 N–H and O–H groups in total. The number of amides is 1. The highest BCUT2D eigenvalue weighted by molar-refractivity contribution is 7.09. The van der Waals surface area contributed by atoms with Crippen molar-refractivity contribution in [2.45, 2.75) is 45.4 Å². The van der Waals surface area contributed by atoms with Gasteiger partial charge in [-0.2, -0.15) is 4.37 Å². The van der Waals surface area contributed by atoms with Crippen molar-refractivity contribution in [2.24, 2.45) is 17.8 Å². The molecular formula is C17H26N4OS. The van der Waals surface area contributed by atoms with Crippen LogP contribution in [0.5, 0.6) is 0 Å². The van der Waals surface area contributed by atoms with Gasteiger partial charge in [-0.3, -0.25) is 4.79 Å². The van der Waals surface area contributed by atoms with Crippen molar-refractivity contribution in [2.75, 3.05) is 31.1 Å². The second kappa shape index (κ2) is 6.04. The zero-order valence-electron chi connectivity index (χ0n) is 14.1. The van der Waals surface area contributed by atoms with Crippen molar-refractivity contribution in [3.8, 4) is 0 Å². The average Bonchev–Trinajstić information content (AvgIpc) is 3.26. The van der Waals surface area contributed by atoms with Crippen LogP contribution in [0.3, 0.4) is 0 Å². The van der Waals surface area contributed by atoms with Crippen molar-refractivity contribution in [3.63, 3.8) is 0 Å². The van der Waals surface area contributed by atoms with E-state index in [0.29, 0.717) is 11.8 Å². The first-order valence-electron chi connectivity index (χ1n) is 8.99. The Bertz CT molecular complexity index is 575. The Morgan fingerprint density at radius 3 is 2.57 bits per heavy atom. The lowest BCUT2D eigenvalue weighted by Crippen LogP contribution is -2.36. The van der Waals surface area contributed by atoms with Crippen molar-refractivity contribution in [1.82, 2.24) is 14.3 Å². The molecule has 3 atom stereocenters. The minimum atomic E-state index is 0.153. The van der Waals surface area contributed by atoms with Gasteiger partial charge < -0.3 is 9.80 Å². The number of carbonyl (C=O) groups excluding carboxylic acids is 1. The zero-order valence-corrected chi connectivity index (χ0v) is 14.9.